The van der Waals surface area contributed by atoms with Gasteiger partial charge in [-0.2, -0.15) is 0 Å². The Kier molecular flexibility index (Phi) is 7.92. The van der Waals surface area contributed by atoms with Crippen molar-refractivity contribution in [1.82, 2.24) is 0 Å². The van der Waals surface area contributed by atoms with Crippen molar-refractivity contribution in [2.24, 2.45) is 4.99 Å². The van der Waals surface area contributed by atoms with E-state index in [-0.39, 0.29) is 11.6 Å². The van der Waals surface area contributed by atoms with E-state index in [0.29, 0.717) is 35.3 Å². The van der Waals surface area contributed by atoms with Gasteiger partial charge in [0.15, 0.2) is 17.2 Å². The first-order chi connectivity index (χ1) is 15.9. The Morgan fingerprint density at radius 1 is 0.970 bits per heavy atom. The number of rotatable bonds is 7. The minimum Gasteiger partial charge on any atom is -0.490 e. The molecule has 0 fully saturated rings. The predicted octanol–water partition coefficient (Wildman–Crippen LogP) is 6.87. The molecule has 1 aliphatic rings. The van der Waals surface area contributed by atoms with Crippen LogP contribution in [0.25, 0.3) is 6.08 Å². The fraction of sp³-hybridized carbons (Fsp3) is 0.120. The average molecular weight is 686 g/mol. The monoisotopic (exact) mass is 685 g/mol. The number of nitrogens with zero attached hydrogens (tertiary/aromatic N) is 1. The number of hydrogen-bond donors (Lipinski definition) is 0. The van der Waals surface area contributed by atoms with Gasteiger partial charge in [0.1, 0.15) is 6.61 Å². The molecular formula is C25H18ClI2NO4. The Bertz CT molecular complexity index is 1260. The first-order valence-corrected chi connectivity index (χ1v) is 12.6. The van der Waals surface area contributed by atoms with E-state index < -0.39 is 5.97 Å². The van der Waals surface area contributed by atoms with Gasteiger partial charge in [-0.1, -0.05) is 29.8 Å². The van der Waals surface area contributed by atoms with Gasteiger partial charge >= 0.3 is 5.97 Å². The molecule has 0 aliphatic carbocycles. The van der Waals surface area contributed by atoms with E-state index in [1.807, 2.05) is 61.5 Å². The molecule has 0 spiro atoms. The zero-order chi connectivity index (χ0) is 23.4. The van der Waals surface area contributed by atoms with Gasteiger partial charge in [0.05, 0.1) is 17.2 Å². The smallest absolute Gasteiger partial charge is 0.363 e. The molecule has 0 aromatic heterocycles. The van der Waals surface area contributed by atoms with E-state index in [0.717, 1.165) is 14.7 Å². The summed E-state index contributed by atoms with van der Waals surface area (Å²) in [5.74, 6) is 0.879. The average Bonchev–Trinajstić information content (AvgIpc) is 3.16. The second-order valence-electron chi connectivity index (χ2n) is 7.01. The van der Waals surface area contributed by atoms with Crippen molar-refractivity contribution in [3.63, 3.8) is 0 Å². The van der Waals surface area contributed by atoms with Gasteiger partial charge in [0.25, 0.3) is 0 Å². The number of benzene rings is 3. The zero-order valence-electron chi connectivity index (χ0n) is 17.5. The van der Waals surface area contributed by atoms with Gasteiger partial charge in [0, 0.05) is 7.14 Å². The van der Waals surface area contributed by atoms with Crippen molar-refractivity contribution < 1.29 is 19.0 Å². The summed E-state index contributed by atoms with van der Waals surface area (Å²) in [5, 5.41) is 0.469. The summed E-state index contributed by atoms with van der Waals surface area (Å²) in [7, 11) is 0. The van der Waals surface area contributed by atoms with Crippen LogP contribution in [0, 0.1) is 7.14 Å². The van der Waals surface area contributed by atoms with Crippen LogP contribution in [0.5, 0.6) is 11.5 Å². The number of aliphatic imine (C=N–C) groups is 1. The summed E-state index contributed by atoms with van der Waals surface area (Å²) in [5.41, 5.74) is 2.57. The van der Waals surface area contributed by atoms with Crippen LogP contribution in [0.3, 0.4) is 0 Å². The van der Waals surface area contributed by atoms with Crippen LogP contribution in [0.4, 0.5) is 0 Å². The van der Waals surface area contributed by atoms with Crippen molar-refractivity contribution in [1.29, 1.82) is 0 Å². The molecule has 4 rings (SSSR count). The van der Waals surface area contributed by atoms with Crippen LogP contribution >= 0.6 is 56.8 Å². The van der Waals surface area contributed by atoms with Crippen LogP contribution in [0.15, 0.2) is 71.4 Å². The topological polar surface area (TPSA) is 57.1 Å². The second-order valence-corrected chi connectivity index (χ2v) is 9.91. The summed E-state index contributed by atoms with van der Waals surface area (Å²) < 4.78 is 19.2. The quantitative estimate of drug-likeness (QED) is 0.155. The number of carbonyl (C=O) groups is 1. The summed E-state index contributed by atoms with van der Waals surface area (Å²) >= 11 is 10.7. The molecule has 0 radical (unpaired) electrons. The Morgan fingerprint density at radius 3 is 2.48 bits per heavy atom. The van der Waals surface area contributed by atoms with E-state index in [1.165, 1.54) is 3.57 Å². The van der Waals surface area contributed by atoms with Crippen molar-refractivity contribution in [2.45, 2.75) is 13.5 Å². The highest BCUT2D eigenvalue weighted by Gasteiger charge is 2.26. The summed E-state index contributed by atoms with van der Waals surface area (Å²) in [6.45, 7) is 2.81. The standard InChI is InChI=1S/C25H18ClI2NO4/c1-2-31-23-12-16(5-10-22(23)32-14-15-3-6-17(27)7-4-15)11-21-25(30)33-24(29-21)19-13-18(28)8-9-20(19)26/h3-13H,2,14H2,1H3/b21-11-. The van der Waals surface area contributed by atoms with E-state index >= 15 is 0 Å². The SMILES string of the molecule is CCOc1cc(/C=C2\N=C(c3cc(I)ccc3Cl)OC2=O)ccc1OCc1ccc(I)cc1. The Morgan fingerprint density at radius 2 is 1.73 bits per heavy atom. The lowest BCUT2D eigenvalue weighted by Gasteiger charge is -2.13. The molecular weight excluding hydrogens is 668 g/mol. The van der Waals surface area contributed by atoms with E-state index in [1.54, 1.807) is 12.1 Å². The Labute approximate surface area is 224 Å². The summed E-state index contributed by atoms with van der Waals surface area (Å²) in [6, 6.07) is 19.1. The molecule has 0 saturated carbocycles. The molecule has 0 bridgehead atoms. The number of halogens is 3. The fourth-order valence-electron chi connectivity index (χ4n) is 3.09. The Hall–Kier alpha value is -2.11. The third-order valence-corrected chi connectivity index (χ3v) is 6.38. The number of ether oxygens (including phenoxy) is 3. The highest BCUT2D eigenvalue weighted by Crippen LogP contribution is 2.31. The van der Waals surface area contributed by atoms with Gasteiger partial charge < -0.3 is 14.2 Å². The molecule has 0 amide bonds. The van der Waals surface area contributed by atoms with Gasteiger partial charge in [-0.3, -0.25) is 0 Å². The molecule has 33 heavy (non-hydrogen) atoms. The van der Waals surface area contributed by atoms with Crippen LogP contribution in [-0.4, -0.2) is 18.5 Å². The van der Waals surface area contributed by atoms with Crippen molar-refractivity contribution in [3.8, 4) is 11.5 Å². The molecule has 8 heteroatoms. The third-order valence-electron chi connectivity index (χ3n) is 4.66. The number of esters is 1. The maximum absolute atomic E-state index is 12.4. The third kappa shape index (κ3) is 6.07. The lowest BCUT2D eigenvalue weighted by atomic mass is 10.1. The maximum Gasteiger partial charge on any atom is 0.363 e. The number of hydrogen-bond acceptors (Lipinski definition) is 5. The molecule has 1 aliphatic heterocycles. The van der Waals surface area contributed by atoms with Crippen molar-refractivity contribution >= 4 is 74.7 Å². The molecule has 1 heterocycles. The molecule has 3 aromatic carbocycles. The minimum absolute atomic E-state index is 0.190. The molecule has 5 nitrogen and oxygen atoms in total. The van der Waals surface area contributed by atoms with Crippen molar-refractivity contribution in [3.05, 3.63) is 95.2 Å². The summed E-state index contributed by atoms with van der Waals surface area (Å²) in [4.78, 5) is 16.8. The van der Waals surface area contributed by atoms with Crippen LogP contribution < -0.4 is 9.47 Å². The Balaban J connectivity index is 1.57. The lowest BCUT2D eigenvalue weighted by Crippen LogP contribution is -2.06. The highest BCUT2D eigenvalue weighted by atomic mass is 127. The molecule has 0 atom stereocenters. The number of carbonyl (C=O) groups excluding carboxylic acids is 1. The first kappa shape index (κ1) is 24.0. The van der Waals surface area contributed by atoms with Crippen molar-refractivity contribution in [2.75, 3.05) is 6.61 Å². The summed E-state index contributed by atoms with van der Waals surface area (Å²) in [6.07, 6.45) is 1.66. The van der Waals surface area contributed by atoms with E-state index in [4.69, 9.17) is 25.8 Å². The number of cyclic esters (lactones) is 1. The largest absolute Gasteiger partial charge is 0.490 e. The van der Waals surface area contributed by atoms with E-state index in [2.05, 4.69) is 50.2 Å². The van der Waals surface area contributed by atoms with E-state index in [9.17, 15) is 4.79 Å². The first-order valence-electron chi connectivity index (χ1n) is 10.0. The fourth-order valence-corrected chi connectivity index (χ4v) is 4.14. The lowest BCUT2D eigenvalue weighted by molar-refractivity contribution is -0.129. The second kappa shape index (κ2) is 10.9. The van der Waals surface area contributed by atoms with Crippen LogP contribution in [0.2, 0.25) is 5.02 Å². The van der Waals surface area contributed by atoms with Gasteiger partial charge in [-0.15, -0.1) is 0 Å². The highest BCUT2D eigenvalue weighted by molar-refractivity contribution is 14.1. The zero-order valence-corrected chi connectivity index (χ0v) is 22.6. The molecule has 3 aromatic rings. The van der Waals surface area contributed by atoms with Crippen LogP contribution in [-0.2, 0) is 16.1 Å². The maximum atomic E-state index is 12.4. The normalized spacial score (nSPS) is 14.2. The minimum atomic E-state index is -0.531. The van der Waals surface area contributed by atoms with Crippen LogP contribution in [0.1, 0.15) is 23.6 Å². The molecule has 0 saturated heterocycles. The predicted molar refractivity (Wildman–Crippen MR) is 146 cm³/mol. The molecule has 0 N–H and O–H groups in total. The molecule has 0 unspecified atom stereocenters. The van der Waals surface area contributed by atoms with Gasteiger partial charge in [-0.05, 0) is 112 Å². The van der Waals surface area contributed by atoms with Gasteiger partial charge in [0.2, 0.25) is 5.90 Å². The van der Waals surface area contributed by atoms with Gasteiger partial charge in [-0.25, -0.2) is 9.79 Å². The molecule has 168 valence electrons.